The lowest BCUT2D eigenvalue weighted by atomic mass is 9.59. The molecule has 0 N–H and O–H groups in total. The van der Waals surface area contributed by atoms with Crippen LogP contribution in [0.15, 0.2) is 36.4 Å². The Balaban J connectivity index is 2.05. The van der Waals surface area contributed by atoms with Gasteiger partial charge >= 0.3 is 0 Å². The molecule has 2 aliphatic rings. The van der Waals surface area contributed by atoms with Gasteiger partial charge in [0.05, 0.1) is 3.92 Å². The summed E-state index contributed by atoms with van der Waals surface area (Å²) < 4.78 is 0.478. The second kappa shape index (κ2) is 4.41. The second-order valence-corrected chi connectivity index (χ2v) is 10.1. The predicted octanol–water partition coefficient (Wildman–Crippen LogP) is 6.79. The van der Waals surface area contributed by atoms with E-state index in [1.54, 1.807) is 11.1 Å². The van der Waals surface area contributed by atoms with Crippen LogP contribution in [0.1, 0.15) is 67.7 Å². The molecule has 0 heterocycles. The average molecular weight is 416 g/mol. The lowest BCUT2D eigenvalue weighted by Gasteiger charge is -2.44. The summed E-state index contributed by atoms with van der Waals surface area (Å²) in [4.78, 5) is 0. The van der Waals surface area contributed by atoms with Crippen molar-refractivity contribution in [2.45, 2.75) is 56.3 Å². The van der Waals surface area contributed by atoms with Crippen LogP contribution in [0, 0.1) is 5.41 Å². The Morgan fingerprint density at radius 1 is 0.739 bits per heavy atom. The molecule has 2 aliphatic carbocycles. The standard InChI is InChI=1S/C22H25I/c1-20(2)17-11-15-13-9-7-8-10-14(13)19(23)16(15)12-18(17)21(3,4)22(20,5)6/h7-12,19H,1-6H3. The van der Waals surface area contributed by atoms with Crippen LogP contribution in [0.2, 0.25) is 0 Å². The molecule has 0 aromatic heterocycles. The third-order valence-corrected chi connectivity index (χ3v) is 8.80. The minimum Gasteiger partial charge on any atom is -0.0721 e. The van der Waals surface area contributed by atoms with Crippen molar-refractivity contribution < 1.29 is 0 Å². The first-order chi connectivity index (χ1) is 10.6. The molecule has 0 radical (unpaired) electrons. The topological polar surface area (TPSA) is 0 Å². The van der Waals surface area contributed by atoms with Gasteiger partial charge in [-0.3, -0.25) is 0 Å². The Kier molecular flexibility index (Phi) is 3.01. The monoisotopic (exact) mass is 416 g/mol. The van der Waals surface area contributed by atoms with Crippen LogP contribution < -0.4 is 0 Å². The number of halogens is 1. The molecule has 0 saturated heterocycles. The van der Waals surface area contributed by atoms with Crippen molar-refractivity contribution in [1.29, 1.82) is 0 Å². The zero-order valence-electron chi connectivity index (χ0n) is 14.9. The Morgan fingerprint density at radius 3 is 1.96 bits per heavy atom. The van der Waals surface area contributed by atoms with Crippen LogP contribution in [-0.2, 0) is 10.8 Å². The van der Waals surface area contributed by atoms with Crippen LogP contribution in [-0.4, -0.2) is 0 Å². The Labute approximate surface area is 153 Å². The Morgan fingerprint density at radius 2 is 1.30 bits per heavy atom. The van der Waals surface area contributed by atoms with Gasteiger partial charge in [-0.25, -0.2) is 0 Å². The third kappa shape index (κ3) is 1.67. The number of hydrogen-bond donors (Lipinski definition) is 0. The molecule has 0 fully saturated rings. The first kappa shape index (κ1) is 15.7. The van der Waals surface area contributed by atoms with E-state index in [2.05, 4.69) is 101 Å². The molecule has 0 amide bonds. The summed E-state index contributed by atoms with van der Waals surface area (Å²) in [5.41, 5.74) is 9.58. The molecule has 0 aliphatic heterocycles. The quantitative estimate of drug-likeness (QED) is 0.328. The van der Waals surface area contributed by atoms with E-state index >= 15 is 0 Å². The lowest BCUT2D eigenvalue weighted by Crippen LogP contribution is -2.42. The molecule has 0 spiro atoms. The van der Waals surface area contributed by atoms with E-state index in [9.17, 15) is 0 Å². The van der Waals surface area contributed by atoms with Crippen LogP contribution in [0.5, 0.6) is 0 Å². The summed E-state index contributed by atoms with van der Waals surface area (Å²) in [6, 6.07) is 14.0. The normalized spacial score (nSPS) is 24.9. The van der Waals surface area contributed by atoms with E-state index in [1.807, 2.05) is 0 Å². The van der Waals surface area contributed by atoms with Crippen molar-refractivity contribution in [3.63, 3.8) is 0 Å². The third-order valence-electron chi connectivity index (χ3n) is 7.46. The minimum atomic E-state index is 0.180. The van der Waals surface area contributed by atoms with Crippen molar-refractivity contribution in [3.8, 4) is 11.1 Å². The molecule has 1 heteroatoms. The Bertz CT molecular complexity index is 824. The highest BCUT2D eigenvalue weighted by atomic mass is 127. The number of hydrogen-bond acceptors (Lipinski definition) is 0. The molecule has 0 saturated carbocycles. The number of alkyl halides is 1. The van der Waals surface area contributed by atoms with Crippen LogP contribution >= 0.6 is 22.6 Å². The largest absolute Gasteiger partial charge is 0.0721 e. The highest BCUT2D eigenvalue weighted by Gasteiger charge is 2.57. The van der Waals surface area contributed by atoms with Gasteiger partial charge in [-0.2, -0.15) is 0 Å². The van der Waals surface area contributed by atoms with Crippen molar-refractivity contribution >= 4 is 22.6 Å². The van der Waals surface area contributed by atoms with E-state index < -0.39 is 0 Å². The Hall–Kier alpha value is -0.830. The summed E-state index contributed by atoms with van der Waals surface area (Å²) in [5.74, 6) is 0. The minimum absolute atomic E-state index is 0.180. The molecule has 120 valence electrons. The van der Waals surface area contributed by atoms with Gasteiger partial charge < -0.3 is 0 Å². The van der Waals surface area contributed by atoms with Crippen LogP contribution in [0.4, 0.5) is 0 Å². The van der Waals surface area contributed by atoms with Gasteiger partial charge in [0.25, 0.3) is 0 Å². The zero-order chi connectivity index (χ0) is 16.8. The maximum absolute atomic E-state index is 2.61. The van der Waals surface area contributed by atoms with E-state index in [0.29, 0.717) is 3.92 Å². The van der Waals surface area contributed by atoms with Gasteiger partial charge in [0.15, 0.2) is 0 Å². The van der Waals surface area contributed by atoms with Crippen molar-refractivity contribution in [3.05, 3.63) is 58.7 Å². The molecule has 4 rings (SSSR count). The first-order valence-corrected chi connectivity index (χ1v) is 9.77. The second-order valence-electron chi connectivity index (χ2n) is 8.81. The summed E-state index contributed by atoms with van der Waals surface area (Å²) in [6.45, 7) is 14.6. The molecule has 0 nitrogen and oxygen atoms in total. The molecule has 0 bridgehead atoms. The van der Waals surface area contributed by atoms with Crippen molar-refractivity contribution in [1.82, 2.24) is 0 Å². The van der Waals surface area contributed by atoms with E-state index in [-0.39, 0.29) is 16.2 Å². The highest BCUT2D eigenvalue weighted by Crippen LogP contribution is 2.63. The van der Waals surface area contributed by atoms with Gasteiger partial charge in [-0.1, -0.05) is 94.5 Å². The molecular weight excluding hydrogens is 391 g/mol. The maximum atomic E-state index is 2.61. The number of rotatable bonds is 0. The smallest absolute Gasteiger partial charge is 0.0620 e. The van der Waals surface area contributed by atoms with Crippen molar-refractivity contribution in [2.75, 3.05) is 0 Å². The van der Waals surface area contributed by atoms with Gasteiger partial charge in [0.2, 0.25) is 0 Å². The van der Waals surface area contributed by atoms with E-state index in [4.69, 9.17) is 0 Å². The number of fused-ring (bicyclic) bond motifs is 4. The van der Waals surface area contributed by atoms with Crippen molar-refractivity contribution in [2.24, 2.45) is 5.41 Å². The van der Waals surface area contributed by atoms with E-state index in [1.165, 1.54) is 22.3 Å². The van der Waals surface area contributed by atoms with Gasteiger partial charge in [0, 0.05) is 0 Å². The zero-order valence-corrected chi connectivity index (χ0v) is 17.1. The predicted molar refractivity (Wildman–Crippen MR) is 108 cm³/mol. The fourth-order valence-electron chi connectivity index (χ4n) is 4.68. The summed E-state index contributed by atoms with van der Waals surface area (Å²) >= 11 is 2.61. The fourth-order valence-corrected chi connectivity index (χ4v) is 5.74. The number of benzene rings is 2. The summed E-state index contributed by atoms with van der Waals surface area (Å²) in [6.07, 6.45) is 0. The fraction of sp³-hybridized carbons (Fsp3) is 0.455. The molecule has 1 atom stereocenters. The lowest BCUT2D eigenvalue weighted by molar-refractivity contribution is 0.125. The maximum Gasteiger partial charge on any atom is 0.0620 e. The molecule has 2 aromatic carbocycles. The van der Waals surface area contributed by atoms with Crippen LogP contribution in [0.3, 0.4) is 0 Å². The summed E-state index contributed by atoms with van der Waals surface area (Å²) in [7, 11) is 0. The van der Waals surface area contributed by atoms with Gasteiger partial charge in [-0.15, -0.1) is 0 Å². The average Bonchev–Trinajstić information content (AvgIpc) is 2.83. The molecular formula is C22H25I. The first-order valence-electron chi connectivity index (χ1n) is 8.53. The molecule has 23 heavy (non-hydrogen) atoms. The summed E-state index contributed by atoms with van der Waals surface area (Å²) in [5, 5.41) is 0. The molecule has 2 aromatic rings. The molecule has 1 unspecified atom stereocenters. The highest BCUT2D eigenvalue weighted by molar-refractivity contribution is 14.1. The van der Waals surface area contributed by atoms with Gasteiger partial charge in [0.1, 0.15) is 0 Å². The van der Waals surface area contributed by atoms with Crippen LogP contribution in [0.25, 0.3) is 11.1 Å². The van der Waals surface area contributed by atoms with Gasteiger partial charge in [-0.05, 0) is 55.7 Å². The van der Waals surface area contributed by atoms with E-state index in [0.717, 1.165) is 0 Å². The SMILES string of the molecule is CC1(C)c2cc3c(cc2C(C)(C)C1(C)C)C(I)c1ccccc1-3.